The molecule has 0 spiro atoms. The lowest BCUT2D eigenvalue weighted by atomic mass is 9.77. The molecule has 0 aromatic rings. The lowest BCUT2D eigenvalue weighted by Crippen LogP contribution is -2.53. The molecule has 0 aromatic carbocycles. The van der Waals surface area contributed by atoms with Gasteiger partial charge in [0.15, 0.2) is 0 Å². The topological polar surface area (TPSA) is 55.1 Å². The summed E-state index contributed by atoms with van der Waals surface area (Å²) in [6.45, 7) is 2.95. The Hall–Kier alpha value is -0.570. The van der Waals surface area contributed by atoms with Crippen LogP contribution in [0, 0.1) is 11.8 Å². The number of hydrogen-bond acceptors (Lipinski definition) is 2. The molecule has 2 rings (SSSR count). The Balaban J connectivity index is 1.78. The van der Waals surface area contributed by atoms with E-state index in [9.17, 15) is 4.79 Å². The minimum absolute atomic E-state index is 0.113. The number of hydrogen-bond donors (Lipinski definition) is 2. The van der Waals surface area contributed by atoms with Crippen molar-refractivity contribution in [3.63, 3.8) is 0 Å². The van der Waals surface area contributed by atoms with Gasteiger partial charge in [0.05, 0.1) is 0 Å². The summed E-state index contributed by atoms with van der Waals surface area (Å²) in [5.74, 6) is 1.20. The van der Waals surface area contributed by atoms with Crippen LogP contribution in [-0.4, -0.2) is 18.0 Å². The predicted octanol–water partition coefficient (Wildman–Crippen LogP) is 1.81. The number of nitrogens with two attached hydrogens (primary N) is 1. The van der Waals surface area contributed by atoms with E-state index in [1.54, 1.807) is 0 Å². The molecule has 2 aliphatic rings. The molecular weight excluding hydrogens is 200 g/mol. The van der Waals surface area contributed by atoms with Gasteiger partial charge in [0.2, 0.25) is 5.91 Å². The highest BCUT2D eigenvalue weighted by molar-refractivity contribution is 5.79. The fourth-order valence-corrected chi connectivity index (χ4v) is 2.89. The first kappa shape index (κ1) is 11.9. The molecule has 0 heterocycles. The minimum atomic E-state index is 0.113. The summed E-state index contributed by atoms with van der Waals surface area (Å²) in [4.78, 5) is 12.1. The zero-order chi connectivity index (χ0) is 11.6. The Bertz CT molecular complexity index is 253. The second-order valence-electron chi connectivity index (χ2n) is 5.86. The van der Waals surface area contributed by atoms with Crippen molar-refractivity contribution >= 4 is 5.91 Å². The molecule has 0 saturated heterocycles. The van der Waals surface area contributed by atoms with E-state index in [1.165, 1.54) is 6.42 Å². The van der Waals surface area contributed by atoms with Crippen molar-refractivity contribution in [2.75, 3.05) is 6.54 Å². The van der Waals surface area contributed by atoms with Crippen molar-refractivity contribution in [3.05, 3.63) is 0 Å². The van der Waals surface area contributed by atoms with Crippen molar-refractivity contribution in [3.8, 4) is 0 Å². The molecule has 92 valence electrons. The number of nitrogens with one attached hydrogen (secondary N) is 1. The summed E-state index contributed by atoms with van der Waals surface area (Å²) >= 11 is 0. The molecule has 2 fully saturated rings. The summed E-state index contributed by atoms with van der Waals surface area (Å²) in [5, 5.41) is 3.23. The third-order valence-corrected chi connectivity index (χ3v) is 4.43. The quantitative estimate of drug-likeness (QED) is 0.768. The summed E-state index contributed by atoms with van der Waals surface area (Å²) in [6.07, 6.45) is 7.88. The van der Waals surface area contributed by atoms with Crippen LogP contribution in [0.25, 0.3) is 0 Å². The molecule has 3 nitrogen and oxygen atoms in total. The molecule has 0 aliphatic heterocycles. The van der Waals surface area contributed by atoms with Crippen molar-refractivity contribution in [1.82, 2.24) is 5.32 Å². The van der Waals surface area contributed by atoms with Gasteiger partial charge in [-0.25, -0.2) is 0 Å². The van der Waals surface area contributed by atoms with E-state index in [1.807, 2.05) is 0 Å². The molecule has 0 unspecified atom stereocenters. The molecule has 0 aromatic heterocycles. The molecule has 3 heteroatoms. The number of rotatable bonds is 3. The van der Waals surface area contributed by atoms with Gasteiger partial charge in [-0.3, -0.25) is 4.79 Å². The van der Waals surface area contributed by atoms with Gasteiger partial charge in [-0.1, -0.05) is 0 Å². The van der Waals surface area contributed by atoms with E-state index in [0.717, 1.165) is 45.1 Å². The van der Waals surface area contributed by atoms with Crippen LogP contribution >= 0.6 is 0 Å². The zero-order valence-corrected chi connectivity index (χ0v) is 10.3. The number of amides is 1. The van der Waals surface area contributed by atoms with Crippen LogP contribution in [0.2, 0.25) is 0 Å². The van der Waals surface area contributed by atoms with Gasteiger partial charge < -0.3 is 11.1 Å². The van der Waals surface area contributed by atoms with Crippen LogP contribution in [-0.2, 0) is 4.79 Å². The van der Waals surface area contributed by atoms with Crippen molar-refractivity contribution in [1.29, 1.82) is 0 Å². The maximum atomic E-state index is 12.1. The maximum absolute atomic E-state index is 12.1. The Morgan fingerprint density at radius 3 is 2.38 bits per heavy atom. The first-order chi connectivity index (χ1) is 7.63. The summed E-state index contributed by atoms with van der Waals surface area (Å²) in [7, 11) is 0. The highest BCUT2D eigenvalue weighted by Gasteiger charge is 2.35. The Kier molecular flexibility index (Phi) is 3.53. The van der Waals surface area contributed by atoms with Crippen LogP contribution in [0.15, 0.2) is 0 Å². The molecule has 16 heavy (non-hydrogen) atoms. The van der Waals surface area contributed by atoms with Crippen LogP contribution < -0.4 is 11.1 Å². The van der Waals surface area contributed by atoms with E-state index < -0.39 is 0 Å². The van der Waals surface area contributed by atoms with Crippen molar-refractivity contribution in [2.45, 2.75) is 57.4 Å². The Morgan fingerprint density at radius 1 is 1.31 bits per heavy atom. The monoisotopic (exact) mass is 224 g/mol. The molecule has 0 radical (unpaired) electrons. The molecule has 2 aliphatic carbocycles. The Morgan fingerprint density at radius 2 is 1.94 bits per heavy atom. The second-order valence-corrected chi connectivity index (χ2v) is 5.86. The van der Waals surface area contributed by atoms with E-state index in [-0.39, 0.29) is 17.4 Å². The van der Waals surface area contributed by atoms with Gasteiger partial charge in [-0.2, -0.15) is 0 Å². The zero-order valence-electron chi connectivity index (χ0n) is 10.3. The second kappa shape index (κ2) is 4.74. The fraction of sp³-hybridized carbons (Fsp3) is 0.923. The number of carbonyl (C=O) groups is 1. The normalized spacial score (nSPS) is 32.9. The largest absolute Gasteiger partial charge is 0.351 e. The summed E-state index contributed by atoms with van der Waals surface area (Å²) in [5.41, 5.74) is 5.77. The molecule has 0 atom stereocenters. The van der Waals surface area contributed by atoms with Gasteiger partial charge in [0.25, 0.3) is 0 Å². The van der Waals surface area contributed by atoms with Gasteiger partial charge >= 0.3 is 0 Å². The molecule has 1 amide bonds. The van der Waals surface area contributed by atoms with E-state index in [0.29, 0.717) is 5.92 Å². The molecule has 3 N–H and O–H groups in total. The summed E-state index contributed by atoms with van der Waals surface area (Å²) in [6, 6.07) is 0. The first-order valence-corrected chi connectivity index (χ1v) is 6.65. The highest BCUT2D eigenvalue weighted by Crippen LogP contribution is 2.33. The number of carbonyl (C=O) groups excluding carboxylic acids is 1. The van der Waals surface area contributed by atoms with Gasteiger partial charge in [0, 0.05) is 11.5 Å². The SMILES string of the molecule is CC1(NC(=O)C2CCC(CN)CC2)CCC1. The van der Waals surface area contributed by atoms with Crippen molar-refractivity contribution < 1.29 is 4.79 Å². The summed E-state index contributed by atoms with van der Waals surface area (Å²) < 4.78 is 0. The molecule has 2 saturated carbocycles. The molecule has 0 bridgehead atoms. The van der Waals surface area contributed by atoms with Gasteiger partial charge in [-0.15, -0.1) is 0 Å². The third-order valence-electron chi connectivity index (χ3n) is 4.43. The minimum Gasteiger partial charge on any atom is -0.351 e. The van der Waals surface area contributed by atoms with Crippen LogP contribution in [0.1, 0.15) is 51.9 Å². The van der Waals surface area contributed by atoms with Gasteiger partial charge in [0.1, 0.15) is 0 Å². The van der Waals surface area contributed by atoms with Crippen LogP contribution in [0.5, 0.6) is 0 Å². The average Bonchev–Trinajstić information content (AvgIpc) is 2.27. The standard InChI is InChI=1S/C13H24N2O/c1-13(7-2-8-13)15-12(16)11-5-3-10(9-14)4-6-11/h10-11H,2-9,14H2,1H3,(H,15,16). The smallest absolute Gasteiger partial charge is 0.223 e. The lowest BCUT2D eigenvalue weighted by Gasteiger charge is -2.40. The van der Waals surface area contributed by atoms with Crippen molar-refractivity contribution in [2.24, 2.45) is 17.6 Å². The van der Waals surface area contributed by atoms with E-state index >= 15 is 0 Å². The van der Waals surface area contributed by atoms with Crippen LogP contribution in [0.3, 0.4) is 0 Å². The van der Waals surface area contributed by atoms with Gasteiger partial charge in [-0.05, 0) is 64.3 Å². The Labute approximate surface area is 98.2 Å². The highest BCUT2D eigenvalue weighted by atomic mass is 16.2. The maximum Gasteiger partial charge on any atom is 0.223 e. The van der Waals surface area contributed by atoms with E-state index in [4.69, 9.17) is 5.73 Å². The fourth-order valence-electron chi connectivity index (χ4n) is 2.89. The first-order valence-electron chi connectivity index (χ1n) is 6.65. The third kappa shape index (κ3) is 2.57. The lowest BCUT2D eigenvalue weighted by molar-refractivity contribution is -0.129. The predicted molar refractivity (Wildman–Crippen MR) is 64.9 cm³/mol. The average molecular weight is 224 g/mol. The van der Waals surface area contributed by atoms with Crippen LogP contribution in [0.4, 0.5) is 0 Å². The van der Waals surface area contributed by atoms with E-state index in [2.05, 4.69) is 12.2 Å². The molecular formula is C13H24N2O.